The number of hydrogen-bond donors (Lipinski definition) is 2. The maximum absolute atomic E-state index is 11.3. The Hall–Kier alpha value is -0.260. The third-order valence-corrected chi connectivity index (χ3v) is 4.75. The first-order valence-electron chi connectivity index (χ1n) is 6.80. The van der Waals surface area contributed by atoms with Crippen molar-refractivity contribution in [1.82, 2.24) is 5.32 Å². The van der Waals surface area contributed by atoms with Gasteiger partial charge < -0.3 is 9.84 Å². The molecule has 1 heterocycles. The largest absolute Gasteiger partial charge is 0.480 e. The van der Waals surface area contributed by atoms with Crippen molar-refractivity contribution in [2.75, 3.05) is 18.1 Å². The molecule has 5 heteroatoms. The van der Waals surface area contributed by atoms with Crippen molar-refractivity contribution in [1.29, 1.82) is 0 Å². The normalized spacial score (nSPS) is 27.1. The summed E-state index contributed by atoms with van der Waals surface area (Å²) in [7, 11) is 0. The fraction of sp³-hybridized carbons (Fsp3) is 0.923. The van der Waals surface area contributed by atoms with E-state index in [0.29, 0.717) is 18.6 Å². The molecule has 104 valence electrons. The standard InChI is InChI=1S/C13H23NO3S/c1-13(12(15)16,14-10-4-5-10)6-8-18-9-11-3-2-7-17-11/h10-11,14H,2-9H2,1H3,(H,15,16). The van der Waals surface area contributed by atoms with Crippen molar-refractivity contribution in [3.63, 3.8) is 0 Å². The number of carbonyl (C=O) groups is 1. The van der Waals surface area contributed by atoms with Crippen LogP contribution in [0.3, 0.4) is 0 Å². The van der Waals surface area contributed by atoms with Crippen LogP contribution in [-0.4, -0.2) is 46.9 Å². The molecular weight excluding hydrogens is 250 g/mol. The maximum Gasteiger partial charge on any atom is 0.323 e. The van der Waals surface area contributed by atoms with Gasteiger partial charge in [-0.1, -0.05) is 0 Å². The number of ether oxygens (including phenoxy) is 1. The van der Waals surface area contributed by atoms with E-state index < -0.39 is 11.5 Å². The van der Waals surface area contributed by atoms with E-state index in [9.17, 15) is 9.90 Å². The molecule has 18 heavy (non-hydrogen) atoms. The zero-order valence-electron chi connectivity index (χ0n) is 11.0. The Morgan fingerprint density at radius 1 is 1.50 bits per heavy atom. The molecule has 1 aliphatic heterocycles. The Bertz CT molecular complexity index is 290. The zero-order chi connectivity index (χ0) is 13.0. The highest BCUT2D eigenvalue weighted by molar-refractivity contribution is 7.99. The predicted octanol–water partition coefficient (Wildman–Crippen LogP) is 1.88. The second-order valence-corrected chi connectivity index (χ2v) is 6.67. The summed E-state index contributed by atoms with van der Waals surface area (Å²) in [5.74, 6) is 1.15. The number of rotatable bonds is 8. The Kier molecular flexibility index (Phi) is 4.92. The lowest BCUT2D eigenvalue weighted by atomic mass is 9.99. The maximum atomic E-state index is 11.3. The first-order valence-corrected chi connectivity index (χ1v) is 7.96. The fourth-order valence-electron chi connectivity index (χ4n) is 2.19. The summed E-state index contributed by atoms with van der Waals surface area (Å²) in [4.78, 5) is 11.3. The molecule has 2 atom stereocenters. The van der Waals surface area contributed by atoms with Crippen LogP contribution < -0.4 is 5.32 Å². The lowest BCUT2D eigenvalue weighted by Gasteiger charge is -2.26. The van der Waals surface area contributed by atoms with Crippen LogP contribution in [0.2, 0.25) is 0 Å². The summed E-state index contributed by atoms with van der Waals surface area (Å²) >= 11 is 1.81. The third kappa shape index (κ3) is 4.14. The molecule has 2 N–H and O–H groups in total. The van der Waals surface area contributed by atoms with E-state index in [0.717, 1.165) is 37.4 Å². The molecule has 0 aromatic rings. The minimum absolute atomic E-state index is 0.391. The van der Waals surface area contributed by atoms with Gasteiger partial charge in [-0.25, -0.2) is 0 Å². The van der Waals surface area contributed by atoms with Crippen LogP contribution in [0.15, 0.2) is 0 Å². The van der Waals surface area contributed by atoms with Crippen LogP contribution in [0, 0.1) is 0 Å². The van der Waals surface area contributed by atoms with Crippen LogP contribution in [0.25, 0.3) is 0 Å². The highest BCUT2D eigenvalue weighted by Gasteiger charge is 2.38. The highest BCUT2D eigenvalue weighted by Crippen LogP contribution is 2.26. The molecule has 0 amide bonds. The molecule has 0 aromatic heterocycles. The minimum Gasteiger partial charge on any atom is -0.480 e. The third-order valence-electron chi connectivity index (χ3n) is 3.65. The first-order chi connectivity index (χ1) is 8.60. The number of aliphatic carboxylic acids is 1. The molecule has 0 spiro atoms. The molecule has 2 aliphatic rings. The van der Waals surface area contributed by atoms with Gasteiger partial charge in [-0.2, -0.15) is 11.8 Å². The van der Waals surface area contributed by atoms with E-state index in [1.165, 1.54) is 6.42 Å². The monoisotopic (exact) mass is 273 g/mol. The van der Waals surface area contributed by atoms with E-state index in [-0.39, 0.29) is 0 Å². The number of thioether (sulfide) groups is 1. The average molecular weight is 273 g/mol. The van der Waals surface area contributed by atoms with Gasteiger partial charge in [-0.15, -0.1) is 0 Å². The lowest BCUT2D eigenvalue weighted by molar-refractivity contribution is -0.144. The summed E-state index contributed by atoms with van der Waals surface area (Å²) in [6, 6.07) is 0.425. The molecule has 2 fully saturated rings. The van der Waals surface area contributed by atoms with Crippen molar-refractivity contribution >= 4 is 17.7 Å². The molecule has 4 nitrogen and oxygen atoms in total. The van der Waals surface area contributed by atoms with E-state index in [1.807, 2.05) is 11.8 Å². The second-order valence-electron chi connectivity index (χ2n) is 5.52. The molecule has 1 saturated carbocycles. The molecular formula is C13H23NO3S. The van der Waals surface area contributed by atoms with Crippen molar-refractivity contribution in [2.45, 2.75) is 56.7 Å². The quantitative estimate of drug-likeness (QED) is 0.661. The van der Waals surface area contributed by atoms with Gasteiger partial charge in [0.2, 0.25) is 0 Å². The Balaban J connectivity index is 1.66. The molecule has 1 saturated heterocycles. The van der Waals surface area contributed by atoms with Crippen LogP contribution in [0.4, 0.5) is 0 Å². The molecule has 1 aliphatic carbocycles. The smallest absolute Gasteiger partial charge is 0.323 e. The van der Waals surface area contributed by atoms with Crippen LogP contribution in [-0.2, 0) is 9.53 Å². The Labute approximate surface area is 113 Å². The van der Waals surface area contributed by atoms with Gasteiger partial charge in [0.15, 0.2) is 0 Å². The summed E-state index contributed by atoms with van der Waals surface area (Å²) in [6.07, 6.45) is 5.63. The number of carboxylic acid groups (broad SMARTS) is 1. The van der Waals surface area contributed by atoms with Crippen LogP contribution >= 0.6 is 11.8 Å². The topological polar surface area (TPSA) is 58.6 Å². The van der Waals surface area contributed by atoms with Gasteiger partial charge in [0.1, 0.15) is 5.54 Å². The Morgan fingerprint density at radius 3 is 2.83 bits per heavy atom. The lowest BCUT2D eigenvalue weighted by Crippen LogP contribution is -2.51. The molecule has 0 radical (unpaired) electrons. The van der Waals surface area contributed by atoms with Crippen molar-refractivity contribution in [3.05, 3.63) is 0 Å². The van der Waals surface area contributed by atoms with Gasteiger partial charge >= 0.3 is 5.97 Å². The van der Waals surface area contributed by atoms with E-state index >= 15 is 0 Å². The predicted molar refractivity (Wildman–Crippen MR) is 73.1 cm³/mol. The van der Waals surface area contributed by atoms with Gasteiger partial charge in [-0.05, 0) is 44.8 Å². The van der Waals surface area contributed by atoms with E-state index in [4.69, 9.17) is 4.74 Å². The van der Waals surface area contributed by atoms with Gasteiger partial charge in [0.25, 0.3) is 0 Å². The van der Waals surface area contributed by atoms with E-state index in [1.54, 1.807) is 6.92 Å². The summed E-state index contributed by atoms with van der Waals surface area (Å²) in [6.45, 7) is 2.70. The molecule has 2 rings (SSSR count). The Morgan fingerprint density at radius 2 is 2.28 bits per heavy atom. The number of hydrogen-bond acceptors (Lipinski definition) is 4. The van der Waals surface area contributed by atoms with Gasteiger partial charge in [0, 0.05) is 18.4 Å². The SMILES string of the molecule is CC(CCSCC1CCCO1)(NC1CC1)C(=O)O. The van der Waals surface area contributed by atoms with Crippen LogP contribution in [0.5, 0.6) is 0 Å². The van der Waals surface area contributed by atoms with Crippen molar-refractivity contribution < 1.29 is 14.6 Å². The van der Waals surface area contributed by atoms with E-state index in [2.05, 4.69) is 5.32 Å². The first kappa shape index (κ1) is 14.2. The average Bonchev–Trinajstić information content (AvgIpc) is 2.97. The summed E-state index contributed by atoms with van der Waals surface area (Å²) in [5, 5.41) is 12.6. The van der Waals surface area contributed by atoms with Gasteiger partial charge in [0.05, 0.1) is 6.10 Å². The fourth-order valence-corrected chi connectivity index (χ4v) is 3.43. The number of nitrogens with one attached hydrogen (secondary N) is 1. The molecule has 0 bridgehead atoms. The van der Waals surface area contributed by atoms with Crippen molar-refractivity contribution in [3.8, 4) is 0 Å². The van der Waals surface area contributed by atoms with Gasteiger partial charge in [-0.3, -0.25) is 10.1 Å². The molecule has 0 aromatic carbocycles. The zero-order valence-corrected chi connectivity index (χ0v) is 11.8. The summed E-state index contributed by atoms with van der Waals surface area (Å²) < 4.78 is 5.55. The van der Waals surface area contributed by atoms with Crippen LogP contribution in [0.1, 0.15) is 39.0 Å². The summed E-state index contributed by atoms with van der Waals surface area (Å²) in [5.41, 5.74) is -0.759. The number of carboxylic acids is 1. The minimum atomic E-state index is -0.759. The molecule has 2 unspecified atom stereocenters. The highest BCUT2D eigenvalue weighted by atomic mass is 32.2. The van der Waals surface area contributed by atoms with Crippen molar-refractivity contribution in [2.24, 2.45) is 0 Å². The second kappa shape index (κ2) is 6.26.